The maximum Gasteiger partial charge on any atom is 0.258 e. The van der Waals surface area contributed by atoms with Gasteiger partial charge in [-0.1, -0.05) is 19.0 Å². The van der Waals surface area contributed by atoms with E-state index in [1.54, 1.807) is 0 Å². The lowest BCUT2D eigenvalue weighted by Gasteiger charge is -2.17. The number of aliphatic hydroxyl groups excluding tert-OH is 2. The van der Waals surface area contributed by atoms with Crippen molar-refractivity contribution in [2.75, 3.05) is 19.8 Å². The first-order valence-corrected chi connectivity index (χ1v) is 11.0. The molecule has 0 bridgehead atoms. The molecule has 0 radical (unpaired) electrons. The van der Waals surface area contributed by atoms with Crippen molar-refractivity contribution in [2.24, 2.45) is 0 Å². The number of pyridine rings is 1. The normalized spacial score (nSPS) is 11.9. The molecule has 0 aliphatic heterocycles. The van der Waals surface area contributed by atoms with Gasteiger partial charge in [-0.25, -0.2) is 0 Å². The highest BCUT2D eigenvalue weighted by molar-refractivity contribution is 5.76. The van der Waals surface area contributed by atoms with Crippen LogP contribution in [0, 0.1) is 13.8 Å². The number of aryl methyl sites for hydroxylation is 4. The molecule has 1 amide bonds. The quantitative estimate of drug-likeness (QED) is 0.426. The lowest BCUT2D eigenvalue weighted by molar-refractivity contribution is -0.124. The molecule has 0 aliphatic carbocycles. The van der Waals surface area contributed by atoms with Crippen LogP contribution < -0.4 is 10.1 Å². The SMILES string of the molecule is CCc1cc(-c2nc(-c3cc(C)c(OC[C@H](O)CNC(=O)CO)c(CC)c3)no2)cc(C)n1. The van der Waals surface area contributed by atoms with Crippen LogP contribution in [0.1, 0.15) is 36.4 Å². The van der Waals surface area contributed by atoms with E-state index < -0.39 is 18.6 Å². The zero-order valence-electron chi connectivity index (χ0n) is 19.4. The summed E-state index contributed by atoms with van der Waals surface area (Å²) in [5.41, 5.74) is 5.32. The Labute approximate surface area is 192 Å². The van der Waals surface area contributed by atoms with E-state index >= 15 is 0 Å². The van der Waals surface area contributed by atoms with E-state index in [0.717, 1.165) is 40.1 Å². The fourth-order valence-corrected chi connectivity index (χ4v) is 3.47. The summed E-state index contributed by atoms with van der Waals surface area (Å²) in [4.78, 5) is 20.2. The summed E-state index contributed by atoms with van der Waals surface area (Å²) in [7, 11) is 0. The summed E-state index contributed by atoms with van der Waals surface area (Å²) >= 11 is 0. The standard InChI is InChI=1S/C24H30N4O5/c1-5-16-9-17(7-14(3)22(16)32-13-20(30)11-25-21(31)12-29)23-27-24(33-28-23)18-8-15(4)26-19(6-2)10-18/h7-10,20,29-30H,5-6,11-13H2,1-4H3,(H,25,31)/t20-/m1/s1. The highest BCUT2D eigenvalue weighted by atomic mass is 16.5. The van der Waals surface area contributed by atoms with E-state index in [-0.39, 0.29) is 13.2 Å². The van der Waals surface area contributed by atoms with Crippen molar-refractivity contribution < 1.29 is 24.3 Å². The first-order chi connectivity index (χ1) is 15.8. The molecule has 3 rings (SSSR count). The molecule has 176 valence electrons. The molecular weight excluding hydrogens is 424 g/mol. The minimum absolute atomic E-state index is 0.00214. The van der Waals surface area contributed by atoms with Gasteiger partial charge in [0.2, 0.25) is 11.7 Å². The number of carbonyl (C=O) groups is 1. The van der Waals surface area contributed by atoms with Gasteiger partial charge in [-0.15, -0.1) is 0 Å². The molecule has 3 N–H and O–H groups in total. The predicted molar refractivity (Wildman–Crippen MR) is 123 cm³/mol. The second kappa shape index (κ2) is 11.0. The second-order valence-corrected chi connectivity index (χ2v) is 7.83. The van der Waals surface area contributed by atoms with Gasteiger partial charge in [0.05, 0.1) is 0 Å². The van der Waals surface area contributed by atoms with Crippen molar-refractivity contribution in [2.45, 2.75) is 46.6 Å². The Morgan fingerprint density at radius 3 is 2.61 bits per heavy atom. The van der Waals surface area contributed by atoms with Crippen molar-refractivity contribution in [3.8, 4) is 28.6 Å². The number of hydrogen-bond donors (Lipinski definition) is 3. The summed E-state index contributed by atoms with van der Waals surface area (Å²) in [6.45, 7) is 7.30. The summed E-state index contributed by atoms with van der Waals surface area (Å²) in [5.74, 6) is 1.05. The van der Waals surface area contributed by atoms with Crippen molar-refractivity contribution in [3.63, 3.8) is 0 Å². The number of amides is 1. The molecule has 0 spiro atoms. The molecule has 9 heteroatoms. The van der Waals surface area contributed by atoms with Crippen LogP contribution in [0.25, 0.3) is 22.8 Å². The highest BCUT2D eigenvalue weighted by Gasteiger charge is 2.17. The molecule has 2 heterocycles. The summed E-state index contributed by atoms with van der Waals surface area (Å²) < 4.78 is 11.4. The molecule has 0 aliphatic rings. The molecule has 1 aromatic carbocycles. The van der Waals surface area contributed by atoms with E-state index in [9.17, 15) is 9.90 Å². The number of ether oxygens (including phenoxy) is 1. The third-order valence-corrected chi connectivity index (χ3v) is 5.13. The molecule has 0 unspecified atom stereocenters. The number of carbonyl (C=O) groups excluding carboxylic acids is 1. The number of aliphatic hydroxyl groups is 2. The van der Waals surface area contributed by atoms with Crippen molar-refractivity contribution in [1.82, 2.24) is 20.4 Å². The molecule has 9 nitrogen and oxygen atoms in total. The van der Waals surface area contributed by atoms with Crippen LogP contribution in [0.2, 0.25) is 0 Å². The third-order valence-electron chi connectivity index (χ3n) is 5.13. The molecule has 2 aromatic heterocycles. The molecule has 0 fully saturated rings. The molecule has 0 saturated heterocycles. The molecular formula is C24H30N4O5. The average molecular weight is 455 g/mol. The van der Waals surface area contributed by atoms with Crippen molar-refractivity contribution >= 4 is 5.91 Å². The van der Waals surface area contributed by atoms with Gasteiger partial charge >= 0.3 is 0 Å². The van der Waals surface area contributed by atoms with Gasteiger partial charge in [0.1, 0.15) is 25.1 Å². The molecule has 0 saturated carbocycles. The van der Waals surface area contributed by atoms with Gasteiger partial charge in [0, 0.05) is 29.1 Å². The topological polar surface area (TPSA) is 131 Å². The number of nitrogens with zero attached hydrogens (tertiary/aromatic N) is 3. The molecule has 33 heavy (non-hydrogen) atoms. The number of hydrogen-bond acceptors (Lipinski definition) is 8. The van der Waals surface area contributed by atoms with Crippen molar-refractivity contribution in [3.05, 3.63) is 46.8 Å². The lowest BCUT2D eigenvalue weighted by atomic mass is 10.0. The van der Waals surface area contributed by atoms with Gasteiger partial charge in [0.15, 0.2) is 0 Å². The van der Waals surface area contributed by atoms with Gasteiger partial charge in [-0.2, -0.15) is 4.98 Å². The Hall–Kier alpha value is -3.30. The molecule has 3 aromatic rings. The van der Waals surface area contributed by atoms with E-state index in [1.165, 1.54) is 0 Å². The number of aromatic nitrogens is 3. The summed E-state index contributed by atoms with van der Waals surface area (Å²) in [6.07, 6.45) is 0.620. The van der Waals surface area contributed by atoms with E-state index in [2.05, 4.69) is 20.4 Å². The first-order valence-electron chi connectivity index (χ1n) is 11.0. The van der Waals surface area contributed by atoms with Crippen LogP contribution in [0.3, 0.4) is 0 Å². The van der Waals surface area contributed by atoms with Crippen LogP contribution in [0.4, 0.5) is 0 Å². The van der Waals surface area contributed by atoms with Gasteiger partial charge in [0.25, 0.3) is 5.89 Å². The average Bonchev–Trinajstić information content (AvgIpc) is 3.31. The Morgan fingerprint density at radius 2 is 1.91 bits per heavy atom. The minimum Gasteiger partial charge on any atom is -0.490 e. The Kier molecular flexibility index (Phi) is 8.13. The fourth-order valence-electron chi connectivity index (χ4n) is 3.47. The zero-order valence-corrected chi connectivity index (χ0v) is 19.4. The molecule has 1 atom stereocenters. The van der Waals surface area contributed by atoms with Crippen molar-refractivity contribution in [1.29, 1.82) is 0 Å². The zero-order chi connectivity index (χ0) is 24.0. The Bertz CT molecular complexity index is 1110. The fraction of sp³-hybridized carbons (Fsp3) is 0.417. The first kappa shape index (κ1) is 24.3. The summed E-state index contributed by atoms with van der Waals surface area (Å²) in [5, 5.41) is 25.4. The van der Waals surface area contributed by atoms with Crippen LogP contribution in [-0.4, -0.2) is 57.1 Å². The van der Waals surface area contributed by atoms with E-state index in [4.69, 9.17) is 14.4 Å². The summed E-state index contributed by atoms with van der Waals surface area (Å²) in [6, 6.07) is 7.74. The predicted octanol–water partition coefficient (Wildman–Crippen LogP) is 2.39. The third kappa shape index (κ3) is 6.15. The van der Waals surface area contributed by atoms with E-state index in [0.29, 0.717) is 23.9 Å². The maximum absolute atomic E-state index is 11.1. The highest BCUT2D eigenvalue weighted by Crippen LogP contribution is 2.31. The Balaban J connectivity index is 1.79. The smallest absolute Gasteiger partial charge is 0.258 e. The van der Waals surface area contributed by atoms with Crippen LogP contribution in [0.5, 0.6) is 5.75 Å². The minimum atomic E-state index is -0.902. The van der Waals surface area contributed by atoms with Crippen LogP contribution in [-0.2, 0) is 17.6 Å². The van der Waals surface area contributed by atoms with Gasteiger partial charge in [-0.05, 0) is 62.1 Å². The number of rotatable bonds is 10. The largest absolute Gasteiger partial charge is 0.490 e. The van der Waals surface area contributed by atoms with Gasteiger partial charge in [-0.3, -0.25) is 9.78 Å². The maximum atomic E-state index is 11.1. The Morgan fingerprint density at radius 1 is 1.12 bits per heavy atom. The van der Waals surface area contributed by atoms with E-state index in [1.807, 2.05) is 52.0 Å². The number of benzene rings is 1. The van der Waals surface area contributed by atoms with Gasteiger partial charge < -0.3 is 24.8 Å². The van der Waals surface area contributed by atoms with Crippen LogP contribution >= 0.6 is 0 Å². The second-order valence-electron chi connectivity index (χ2n) is 7.83. The lowest BCUT2D eigenvalue weighted by Crippen LogP contribution is -2.36. The monoisotopic (exact) mass is 454 g/mol. The number of nitrogens with one attached hydrogen (secondary N) is 1. The van der Waals surface area contributed by atoms with Crippen LogP contribution in [0.15, 0.2) is 28.8 Å².